The fourth-order valence-electron chi connectivity index (χ4n) is 3.09. The molecule has 1 aromatic heterocycles. The Hall–Kier alpha value is -1.89. The molecule has 1 saturated carbocycles. The zero-order chi connectivity index (χ0) is 18.2. The Morgan fingerprint density at radius 3 is 2.44 bits per heavy atom. The van der Waals surface area contributed by atoms with Crippen molar-refractivity contribution >= 4 is 29.1 Å². The number of hydrogen-bond acceptors (Lipinski definition) is 4. The lowest BCUT2D eigenvalue weighted by atomic mass is 9.72. The molecule has 3 rings (SSSR count). The topological polar surface area (TPSA) is 87.3 Å². The van der Waals surface area contributed by atoms with Crippen molar-refractivity contribution in [3.63, 3.8) is 0 Å². The minimum Gasteiger partial charge on any atom is -0.345 e. The molecule has 6 nitrogen and oxygen atoms in total. The third-order valence-electron chi connectivity index (χ3n) is 4.94. The first-order chi connectivity index (χ1) is 11.7. The molecule has 0 radical (unpaired) electrons. The molecule has 1 aromatic rings. The fraction of sp³-hybridized carbons (Fsp3) is 0.611. The zero-order valence-corrected chi connectivity index (χ0v) is 15.7. The van der Waals surface area contributed by atoms with Crippen LogP contribution < -0.4 is 16.2 Å². The van der Waals surface area contributed by atoms with Gasteiger partial charge in [0.2, 0.25) is 0 Å². The molecule has 136 valence electrons. The summed E-state index contributed by atoms with van der Waals surface area (Å²) in [5.41, 5.74) is 6.01. The van der Waals surface area contributed by atoms with Crippen LogP contribution in [0.25, 0.3) is 0 Å². The molecule has 25 heavy (non-hydrogen) atoms. The van der Waals surface area contributed by atoms with E-state index in [-0.39, 0.29) is 17.4 Å². The first-order valence-electron chi connectivity index (χ1n) is 8.77. The Morgan fingerprint density at radius 2 is 1.80 bits per heavy atom. The van der Waals surface area contributed by atoms with Gasteiger partial charge < -0.3 is 5.32 Å². The second-order valence-corrected chi connectivity index (χ2v) is 9.16. The SMILES string of the molecule is CC(C)(C)C1CCc2sc(C(=O)NNC(=O)C(=O)NC3CC3)cc2C1. The summed E-state index contributed by atoms with van der Waals surface area (Å²) < 4.78 is 0. The van der Waals surface area contributed by atoms with Crippen LogP contribution in [0.3, 0.4) is 0 Å². The van der Waals surface area contributed by atoms with Crippen molar-refractivity contribution in [3.05, 3.63) is 21.4 Å². The Labute approximate surface area is 151 Å². The molecule has 1 fully saturated rings. The molecule has 3 N–H and O–H groups in total. The van der Waals surface area contributed by atoms with Crippen LogP contribution in [0.2, 0.25) is 0 Å². The van der Waals surface area contributed by atoms with E-state index < -0.39 is 11.8 Å². The average molecular weight is 363 g/mol. The first-order valence-corrected chi connectivity index (χ1v) is 9.58. The standard InChI is InChI=1S/C18H25N3O3S/c1-18(2,3)11-4-7-13-10(8-11)9-14(25-13)15(22)20-21-17(24)16(23)19-12-5-6-12/h9,11-12H,4-8H2,1-3H3,(H,19,23)(H,20,22)(H,21,24). The summed E-state index contributed by atoms with van der Waals surface area (Å²) in [5.74, 6) is -1.31. The maximum atomic E-state index is 12.3. The molecule has 0 aliphatic heterocycles. The van der Waals surface area contributed by atoms with Crippen molar-refractivity contribution in [2.24, 2.45) is 11.3 Å². The highest BCUT2D eigenvalue weighted by atomic mass is 32.1. The minimum absolute atomic E-state index is 0.105. The van der Waals surface area contributed by atoms with Gasteiger partial charge >= 0.3 is 11.8 Å². The molecule has 0 saturated heterocycles. The van der Waals surface area contributed by atoms with E-state index in [0.717, 1.165) is 32.1 Å². The van der Waals surface area contributed by atoms with Crippen LogP contribution in [0, 0.1) is 11.3 Å². The lowest BCUT2D eigenvalue weighted by Crippen LogP contribution is -2.48. The van der Waals surface area contributed by atoms with Gasteiger partial charge in [-0.1, -0.05) is 20.8 Å². The van der Waals surface area contributed by atoms with Crippen molar-refractivity contribution in [3.8, 4) is 0 Å². The largest absolute Gasteiger partial charge is 0.345 e. The van der Waals surface area contributed by atoms with Crippen molar-refractivity contribution in [1.82, 2.24) is 16.2 Å². The summed E-state index contributed by atoms with van der Waals surface area (Å²) in [6.45, 7) is 6.76. The average Bonchev–Trinajstić information content (AvgIpc) is 3.25. The second kappa shape index (κ2) is 6.78. The Morgan fingerprint density at radius 1 is 1.08 bits per heavy atom. The second-order valence-electron chi connectivity index (χ2n) is 8.02. The molecule has 7 heteroatoms. The summed E-state index contributed by atoms with van der Waals surface area (Å²) in [4.78, 5) is 37.3. The lowest BCUT2D eigenvalue weighted by Gasteiger charge is -2.33. The van der Waals surface area contributed by atoms with E-state index in [2.05, 4.69) is 36.9 Å². The van der Waals surface area contributed by atoms with Gasteiger partial charge in [0.15, 0.2) is 0 Å². The van der Waals surface area contributed by atoms with Crippen molar-refractivity contribution in [2.45, 2.75) is 58.9 Å². The zero-order valence-electron chi connectivity index (χ0n) is 14.9. The number of carbonyl (C=O) groups is 3. The van der Waals surface area contributed by atoms with E-state index >= 15 is 0 Å². The monoisotopic (exact) mass is 363 g/mol. The van der Waals surface area contributed by atoms with Gasteiger partial charge in [-0.2, -0.15) is 0 Å². The third-order valence-corrected chi connectivity index (χ3v) is 6.18. The van der Waals surface area contributed by atoms with Gasteiger partial charge in [-0.05, 0) is 55.1 Å². The van der Waals surface area contributed by atoms with E-state index in [0.29, 0.717) is 10.8 Å². The number of hydrogen-bond donors (Lipinski definition) is 3. The lowest BCUT2D eigenvalue weighted by molar-refractivity contribution is -0.139. The van der Waals surface area contributed by atoms with Gasteiger partial charge in [-0.15, -0.1) is 11.3 Å². The highest BCUT2D eigenvalue weighted by molar-refractivity contribution is 7.14. The molecule has 1 unspecified atom stereocenters. The Bertz CT molecular complexity index is 701. The summed E-state index contributed by atoms with van der Waals surface area (Å²) in [7, 11) is 0. The first kappa shape index (κ1) is 17.9. The molecule has 0 aromatic carbocycles. The summed E-state index contributed by atoms with van der Waals surface area (Å²) in [6.07, 6.45) is 4.92. The third kappa shape index (κ3) is 4.39. The maximum absolute atomic E-state index is 12.3. The van der Waals surface area contributed by atoms with Gasteiger partial charge in [-0.25, -0.2) is 0 Å². The van der Waals surface area contributed by atoms with E-state index in [1.54, 1.807) is 0 Å². The predicted molar refractivity (Wildman–Crippen MR) is 96.1 cm³/mol. The number of hydrazine groups is 1. The van der Waals surface area contributed by atoms with Gasteiger partial charge in [0.25, 0.3) is 5.91 Å². The number of carbonyl (C=O) groups excluding carboxylic acids is 3. The molecule has 2 aliphatic carbocycles. The molecule has 0 spiro atoms. The molecule has 2 aliphatic rings. The molecule has 0 bridgehead atoms. The van der Waals surface area contributed by atoms with E-state index in [1.807, 2.05) is 6.07 Å². The van der Waals surface area contributed by atoms with Crippen molar-refractivity contribution in [1.29, 1.82) is 0 Å². The fourth-order valence-corrected chi connectivity index (χ4v) is 4.19. The molecule has 3 amide bonds. The number of aryl methyl sites for hydroxylation is 1. The number of thiophene rings is 1. The molecule has 1 atom stereocenters. The number of nitrogens with one attached hydrogen (secondary N) is 3. The van der Waals surface area contributed by atoms with Gasteiger partial charge in [0.05, 0.1) is 4.88 Å². The Balaban J connectivity index is 1.56. The maximum Gasteiger partial charge on any atom is 0.327 e. The smallest absolute Gasteiger partial charge is 0.327 e. The predicted octanol–water partition coefficient (Wildman–Crippen LogP) is 1.94. The summed E-state index contributed by atoms with van der Waals surface area (Å²) >= 11 is 1.47. The van der Waals surface area contributed by atoms with Crippen LogP contribution in [-0.2, 0) is 22.4 Å². The van der Waals surface area contributed by atoms with E-state index in [9.17, 15) is 14.4 Å². The van der Waals surface area contributed by atoms with Crippen LogP contribution in [0.4, 0.5) is 0 Å². The highest BCUT2D eigenvalue weighted by Gasteiger charge is 2.31. The van der Waals surface area contributed by atoms with Gasteiger partial charge in [-0.3, -0.25) is 25.2 Å². The number of fused-ring (bicyclic) bond motifs is 1. The van der Waals surface area contributed by atoms with E-state index in [1.165, 1.54) is 21.8 Å². The van der Waals surface area contributed by atoms with Crippen molar-refractivity contribution < 1.29 is 14.4 Å². The van der Waals surface area contributed by atoms with Crippen molar-refractivity contribution in [2.75, 3.05) is 0 Å². The van der Waals surface area contributed by atoms with Gasteiger partial charge in [0, 0.05) is 10.9 Å². The van der Waals surface area contributed by atoms with E-state index in [4.69, 9.17) is 0 Å². The van der Waals surface area contributed by atoms with Crippen LogP contribution in [0.5, 0.6) is 0 Å². The van der Waals surface area contributed by atoms with Crippen LogP contribution in [0.1, 0.15) is 60.1 Å². The molecule has 1 heterocycles. The minimum atomic E-state index is -0.839. The van der Waals surface area contributed by atoms with Crippen LogP contribution in [-0.4, -0.2) is 23.8 Å². The molecular formula is C18H25N3O3S. The van der Waals surface area contributed by atoms with Gasteiger partial charge in [0.1, 0.15) is 0 Å². The molecular weight excluding hydrogens is 338 g/mol. The number of rotatable bonds is 2. The Kier molecular flexibility index (Phi) is 4.86. The highest BCUT2D eigenvalue weighted by Crippen LogP contribution is 2.40. The quantitative estimate of drug-likeness (QED) is 0.554. The van der Waals surface area contributed by atoms with Crippen LogP contribution >= 0.6 is 11.3 Å². The summed E-state index contributed by atoms with van der Waals surface area (Å²) in [5, 5.41) is 2.58. The summed E-state index contributed by atoms with van der Waals surface area (Å²) in [6, 6.07) is 2.03. The normalized spacial score (nSPS) is 19.7. The van der Waals surface area contributed by atoms with Crippen LogP contribution in [0.15, 0.2) is 6.07 Å². The number of amides is 3.